The first-order chi connectivity index (χ1) is 7.75. The lowest BCUT2D eigenvalue weighted by atomic mass is 10.1. The summed E-state index contributed by atoms with van der Waals surface area (Å²) in [4.78, 5) is 24.2. The highest BCUT2D eigenvalue weighted by molar-refractivity contribution is 6.14. The van der Waals surface area contributed by atoms with E-state index in [1.54, 1.807) is 0 Å². The number of rotatable bonds is 1. The molecular weight excluding hydrogens is 202 g/mol. The highest BCUT2D eigenvalue weighted by Crippen LogP contribution is 2.28. The maximum Gasteiger partial charge on any atom is 0.257 e. The summed E-state index contributed by atoms with van der Waals surface area (Å²) in [5.41, 5.74) is 3.01. The Bertz CT molecular complexity index is 537. The van der Waals surface area contributed by atoms with E-state index in [-0.39, 0.29) is 11.8 Å². The fraction of sp³-hybridized carbons (Fsp3) is 0.0769. The van der Waals surface area contributed by atoms with Gasteiger partial charge in [0.2, 0.25) is 0 Å². The van der Waals surface area contributed by atoms with Gasteiger partial charge < -0.3 is 0 Å². The number of benzene rings is 1. The first-order valence-corrected chi connectivity index (χ1v) is 5.10. The van der Waals surface area contributed by atoms with Gasteiger partial charge in [-0.25, -0.2) is 4.90 Å². The van der Waals surface area contributed by atoms with E-state index in [4.69, 9.17) is 0 Å². The maximum atomic E-state index is 11.5. The van der Waals surface area contributed by atoms with Crippen molar-refractivity contribution in [3.63, 3.8) is 0 Å². The average Bonchev–Trinajstić information content (AvgIpc) is 2.82. The third-order valence-corrected chi connectivity index (χ3v) is 2.85. The zero-order valence-electron chi connectivity index (χ0n) is 8.51. The third kappa shape index (κ3) is 1.21. The van der Waals surface area contributed by atoms with Crippen molar-refractivity contribution in [2.45, 2.75) is 6.42 Å². The van der Waals surface area contributed by atoms with Gasteiger partial charge in [-0.3, -0.25) is 9.59 Å². The number of imide groups is 1. The van der Waals surface area contributed by atoms with E-state index in [0.29, 0.717) is 6.42 Å². The molecule has 0 radical (unpaired) electrons. The second kappa shape index (κ2) is 3.17. The number of fused-ring (bicyclic) bond motifs is 1. The van der Waals surface area contributed by atoms with E-state index in [9.17, 15) is 9.59 Å². The Morgan fingerprint density at radius 3 is 2.38 bits per heavy atom. The molecule has 0 unspecified atom stereocenters. The van der Waals surface area contributed by atoms with Gasteiger partial charge in [-0.05, 0) is 17.2 Å². The van der Waals surface area contributed by atoms with Gasteiger partial charge >= 0.3 is 0 Å². The summed E-state index contributed by atoms with van der Waals surface area (Å²) in [5.74, 6) is -0.492. The molecule has 1 aliphatic carbocycles. The third-order valence-electron chi connectivity index (χ3n) is 2.85. The van der Waals surface area contributed by atoms with Crippen molar-refractivity contribution in [1.29, 1.82) is 0 Å². The van der Waals surface area contributed by atoms with Crippen molar-refractivity contribution in [2.24, 2.45) is 0 Å². The molecule has 0 N–H and O–H groups in total. The first-order valence-electron chi connectivity index (χ1n) is 5.10. The van der Waals surface area contributed by atoms with E-state index < -0.39 is 0 Å². The molecule has 1 aromatic rings. The molecule has 0 bridgehead atoms. The van der Waals surface area contributed by atoms with Crippen LogP contribution < -0.4 is 0 Å². The lowest BCUT2D eigenvalue weighted by Crippen LogP contribution is -2.29. The SMILES string of the molecule is O=C1C=CC(=O)N1C1=Cc2ccccc2C1. The largest absolute Gasteiger partial charge is 0.269 e. The van der Waals surface area contributed by atoms with Crippen LogP contribution in [0.4, 0.5) is 0 Å². The summed E-state index contributed by atoms with van der Waals surface area (Å²) in [6, 6.07) is 7.91. The topological polar surface area (TPSA) is 37.4 Å². The minimum absolute atomic E-state index is 0.246. The molecular formula is C13H9NO2. The highest BCUT2D eigenvalue weighted by atomic mass is 16.2. The highest BCUT2D eigenvalue weighted by Gasteiger charge is 2.29. The Morgan fingerprint density at radius 2 is 1.69 bits per heavy atom. The smallest absolute Gasteiger partial charge is 0.257 e. The fourth-order valence-corrected chi connectivity index (χ4v) is 2.09. The Labute approximate surface area is 92.7 Å². The van der Waals surface area contributed by atoms with Crippen LogP contribution in [0, 0.1) is 0 Å². The zero-order valence-corrected chi connectivity index (χ0v) is 8.51. The summed E-state index contributed by atoms with van der Waals surface area (Å²) in [5, 5.41) is 0. The number of carbonyl (C=O) groups excluding carboxylic acids is 2. The van der Waals surface area contributed by atoms with E-state index in [2.05, 4.69) is 0 Å². The van der Waals surface area contributed by atoms with Gasteiger partial charge in [0.25, 0.3) is 11.8 Å². The van der Waals surface area contributed by atoms with Gasteiger partial charge in [0.15, 0.2) is 0 Å². The van der Waals surface area contributed by atoms with Crippen LogP contribution in [0.25, 0.3) is 6.08 Å². The number of nitrogens with zero attached hydrogens (tertiary/aromatic N) is 1. The molecule has 2 aliphatic rings. The molecule has 0 saturated heterocycles. The zero-order chi connectivity index (χ0) is 11.1. The van der Waals surface area contributed by atoms with Gasteiger partial charge in [0, 0.05) is 24.3 Å². The maximum absolute atomic E-state index is 11.5. The second-order valence-electron chi connectivity index (χ2n) is 3.86. The fourth-order valence-electron chi connectivity index (χ4n) is 2.09. The van der Waals surface area contributed by atoms with Crippen molar-refractivity contribution in [2.75, 3.05) is 0 Å². The standard InChI is InChI=1S/C13H9NO2/c15-12-5-6-13(16)14(12)11-7-9-3-1-2-4-10(9)8-11/h1-7H,8H2. The van der Waals surface area contributed by atoms with Crippen molar-refractivity contribution in [1.82, 2.24) is 4.90 Å². The average molecular weight is 211 g/mol. The molecule has 0 fully saturated rings. The minimum atomic E-state index is -0.246. The Balaban J connectivity index is 1.96. The molecule has 1 aromatic carbocycles. The van der Waals surface area contributed by atoms with Crippen LogP contribution in [0.2, 0.25) is 0 Å². The summed E-state index contributed by atoms with van der Waals surface area (Å²) in [7, 11) is 0. The van der Waals surface area contributed by atoms with Gasteiger partial charge in [-0.15, -0.1) is 0 Å². The van der Waals surface area contributed by atoms with Crippen molar-refractivity contribution < 1.29 is 9.59 Å². The summed E-state index contributed by atoms with van der Waals surface area (Å²) in [6.07, 6.45) is 5.17. The lowest BCUT2D eigenvalue weighted by Gasteiger charge is -2.14. The predicted molar refractivity (Wildman–Crippen MR) is 59.1 cm³/mol. The summed E-state index contributed by atoms with van der Waals surface area (Å²) < 4.78 is 0. The molecule has 2 amide bonds. The van der Waals surface area contributed by atoms with Crippen LogP contribution in [-0.4, -0.2) is 16.7 Å². The molecule has 0 spiro atoms. The van der Waals surface area contributed by atoms with Crippen LogP contribution >= 0.6 is 0 Å². The number of hydrogen-bond acceptors (Lipinski definition) is 2. The molecule has 0 aromatic heterocycles. The molecule has 1 heterocycles. The first kappa shape index (κ1) is 9.09. The number of carbonyl (C=O) groups is 2. The lowest BCUT2D eigenvalue weighted by molar-refractivity contribution is -0.134. The Morgan fingerprint density at radius 1 is 1.00 bits per heavy atom. The molecule has 0 atom stereocenters. The Hall–Kier alpha value is -2.16. The van der Waals surface area contributed by atoms with Crippen molar-refractivity contribution in [3.8, 4) is 0 Å². The predicted octanol–water partition coefficient (Wildman–Crippen LogP) is 1.51. The second-order valence-corrected chi connectivity index (χ2v) is 3.86. The van der Waals surface area contributed by atoms with E-state index in [1.165, 1.54) is 17.1 Å². The van der Waals surface area contributed by atoms with Crippen molar-refractivity contribution >= 4 is 17.9 Å². The van der Waals surface area contributed by atoms with E-state index in [0.717, 1.165) is 16.8 Å². The van der Waals surface area contributed by atoms with Crippen LogP contribution in [0.15, 0.2) is 42.1 Å². The monoisotopic (exact) mass is 211 g/mol. The number of amides is 2. The van der Waals surface area contributed by atoms with Crippen LogP contribution in [0.1, 0.15) is 11.1 Å². The van der Waals surface area contributed by atoms with E-state index in [1.807, 2.05) is 30.3 Å². The summed E-state index contributed by atoms with van der Waals surface area (Å²) >= 11 is 0. The molecule has 78 valence electrons. The molecule has 3 nitrogen and oxygen atoms in total. The number of allylic oxidation sites excluding steroid dienone is 1. The molecule has 0 saturated carbocycles. The Kier molecular flexibility index (Phi) is 1.80. The summed E-state index contributed by atoms with van der Waals surface area (Å²) in [6.45, 7) is 0. The molecule has 16 heavy (non-hydrogen) atoms. The minimum Gasteiger partial charge on any atom is -0.269 e. The van der Waals surface area contributed by atoms with Crippen LogP contribution in [0.3, 0.4) is 0 Å². The van der Waals surface area contributed by atoms with Crippen LogP contribution in [0.5, 0.6) is 0 Å². The molecule has 3 heteroatoms. The van der Waals surface area contributed by atoms with E-state index >= 15 is 0 Å². The van der Waals surface area contributed by atoms with Gasteiger partial charge in [0.05, 0.1) is 0 Å². The molecule has 1 aliphatic heterocycles. The van der Waals surface area contributed by atoms with Gasteiger partial charge in [0.1, 0.15) is 0 Å². The van der Waals surface area contributed by atoms with Gasteiger partial charge in [-0.2, -0.15) is 0 Å². The normalized spacial score (nSPS) is 18.0. The quantitative estimate of drug-likeness (QED) is 0.660. The number of hydrogen-bond donors (Lipinski definition) is 0. The molecule has 3 rings (SSSR count). The van der Waals surface area contributed by atoms with Crippen molar-refractivity contribution in [3.05, 3.63) is 53.2 Å². The van der Waals surface area contributed by atoms with Crippen LogP contribution in [-0.2, 0) is 16.0 Å². The van der Waals surface area contributed by atoms with Gasteiger partial charge in [-0.1, -0.05) is 24.3 Å².